The fourth-order valence-electron chi connectivity index (χ4n) is 2.18. The summed E-state index contributed by atoms with van der Waals surface area (Å²) in [6.07, 6.45) is 4.14. The monoisotopic (exact) mass is 297 g/mol. The number of amides is 1. The van der Waals surface area contributed by atoms with Crippen LogP contribution < -0.4 is 5.32 Å². The number of carbonyl (C=O) groups excluding carboxylic acids is 1. The molecule has 2 rings (SSSR count). The van der Waals surface area contributed by atoms with E-state index in [1.165, 1.54) is 18.2 Å². The summed E-state index contributed by atoms with van der Waals surface area (Å²) in [6, 6.07) is 13.8. The maximum atomic E-state index is 12.8. The highest BCUT2D eigenvalue weighted by Crippen LogP contribution is 2.26. The van der Waals surface area contributed by atoms with Gasteiger partial charge in [-0.2, -0.15) is 0 Å². The van der Waals surface area contributed by atoms with E-state index in [-0.39, 0.29) is 11.7 Å². The summed E-state index contributed by atoms with van der Waals surface area (Å²) >= 11 is 0. The minimum absolute atomic E-state index is 0.194. The van der Waals surface area contributed by atoms with Gasteiger partial charge in [0.2, 0.25) is 5.91 Å². The molecule has 0 spiro atoms. The quantitative estimate of drug-likeness (QED) is 0.774. The van der Waals surface area contributed by atoms with Crippen LogP contribution in [0.2, 0.25) is 0 Å². The molecule has 0 aliphatic carbocycles. The molecule has 114 valence electrons. The zero-order chi connectivity index (χ0) is 15.9. The molecule has 3 heteroatoms. The molecule has 2 aromatic carbocycles. The first-order chi connectivity index (χ1) is 10.6. The van der Waals surface area contributed by atoms with Crippen molar-refractivity contribution in [1.82, 2.24) is 0 Å². The van der Waals surface area contributed by atoms with E-state index in [1.54, 1.807) is 18.2 Å². The number of rotatable bonds is 5. The zero-order valence-electron chi connectivity index (χ0n) is 12.8. The van der Waals surface area contributed by atoms with Crippen LogP contribution in [0.4, 0.5) is 10.1 Å². The summed E-state index contributed by atoms with van der Waals surface area (Å²) in [6.45, 7) is 4.26. The zero-order valence-corrected chi connectivity index (χ0v) is 12.8. The van der Waals surface area contributed by atoms with Crippen LogP contribution in [0, 0.1) is 5.82 Å². The first kappa shape index (κ1) is 16.0. The third-order valence-corrected chi connectivity index (χ3v) is 3.66. The predicted octanol–water partition coefficient (Wildman–Crippen LogP) is 4.99. The van der Waals surface area contributed by atoms with Gasteiger partial charge in [0.25, 0.3) is 0 Å². The first-order valence-electron chi connectivity index (χ1n) is 7.43. The highest BCUT2D eigenvalue weighted by molar-refractivity contribution is 6.02. The van der Waals surface area contributed by atoms with Gasteiger partial charge >= 0.3 is 0 Å². The summed E-state index contributed by atoms with van der Waals surface area (Å²) in [7, 11) is 0. The molecule has 2 aromatic rings. The van der Waals surface area contributed by atoms with Crippen LogP contribution >= 0.6 is 0 Å². The number of halogens is 1. The Morgan fingerprint density at radius 2 is 1.86 bits per heavy atom. The van der Waals surface area contributed by atoms with E-state index < -0.39 is 0 Å². The first-order valence-corrected chi connectivity index (χ1v) is 7.43. The number of hydrogen-bond acceptors (Lipinski definition) is 1. The molecule has 0 heterocycles. The Labute approximate surface area is 130 Å². The molecular formula is C19H20FNO. The summed E-state index contributed by atoms with van der Waals surface area (Å²) in [5.41, 5.74) is 2.76. The minimum atomic E-state index is -0.288. The number of anilines is 1. The van der Waals surface area contributed by atoms with E-state index >= 15 is 0 Å². The van der Waals surface area contributed by atoms with Gasteiger partial charge in [-0.05, 0) is 47.7 Å². The lowest BCUT2D eigenvalue weighted by Gasteiger charge is -2.14. The summed E-state index contributed by atoms with van der Waals surface area (Å²) < 4.78 is 12.8. The third kappa shape index (κ3) is 4.29. The van der Waals surface area contributed by atoms with Gasteiger partial charge in [0.1, 0.15) is 5.82 Å². The molecule has 2 nitrogen and oxygen atoms in total. The molecule has 1 atom stereocenters. The largest absolute Gasteiger partial charge is 0.322 e. The van der Waals surface area contributed by atoms with E-state index in [2.05, 4.69) is 19.2 Å². The van der Waals surface area contributed by atoms with Gasteiger partial charge in [-0.3, -0.25) is 4.79 Å². The number of hydrogen-bond donors (Lipinski definition) is 1. The molecule has 0 aliphatic rings. The summed E-state index contributed by atoms with van der Waals surface area (Å²) in [5.74, 6) is -0.0956. The molecule has 22 heavy (non-hydrogen) atoms. The maximum absolute atomic E-state index is 12.8. The second kappa shape index (κ2) is 7.55. The lowest BCUT2D eigenvalue weighted by atomic mass is 9.97. The van der Waals surface area contributed by atoms with E-state index in [0.717, 1.165) is 23.2 Å². The minimum Gasteiger partial charge on any atom is -0.322 e. The van der Waals surface area contributed by atoms with Crippen molar-refractivity contribution in [3.8, 4) is 0 Å². The van der Waals surface area contributed by atoms with Crippen molar-refractivity contribution in [2.75, 3.05) is 5.32 Å². The Morgan fingerprint density at radius 1 is 1.18 bits per heavy atom. The van der Waals surface area contributed by atoms with E-state index in [1.807, 2.05) is 24.3 Å². The topological polar surface area (TPSA) is 29.1 Å². The third-order valence-electron chi connectivity index (χ3n) is 3.66. The number of para-hydroxylation sites is 1. The second-order valence-corrected chi connectivity index (χ2v) is 5.27. The Kier molecular flexibility index (Phi) is 5.48. The Morgan fingerprint density at radius 3 is 2.55 bits per heavy atom. The van der Waals surface area contributed by atoms with Crippen LogP contribution in [0.5, 0.6) is 0 Å². The average Bonchev–Trinajstić information content (AvgIpc) is 2.54. The van der Waals surface area contributed by atoms with E-state index in [4.69, 9.17) is 0 Å². The van der Waals surface area contributed by atoms with Crippen LogP contribution in [0.3, 0.4) is 0 Å². The van der Waals surface area contributed by atoms with Crippen LogP contribution in [-0.2, 0) is 4.79 Å². The van der Waals surface area contributed by atoms with Crippen LogP contribution in [0.25, 0.3) is 6.08 Å². The highest BCUT2D eigenvalue weighted by Gasteiger charge is 2.09. The molecule has 0 saturated carbocycles. The molecule has 1 amide bonds. The Bertz CT molecular complexity index is 661. The maximum Gasteiger partial charge on any atom is 0.248 e. The number of benzene rings is 2. The van der Waals surface area contributed by atoms with Crippen molar-refractivity contribution < 1.29 is 9.18 Å². The van der Waals surface area contributed by atoms with Gasteiger partial charge in [0, 0.05) is 11.8 Å². The second-order valence-electron chi connectivity index (χ2n) is 5.27. The standard InChI is InChI=1S/C19H20FNO/c1-3-14(2)17-6-4-5-7-18(17)21-19(22)13-10-15-8-11-16(20)12-9-15/h4-14H,3H2,1-2H3,(H,21,22)/b13-10+/t14-/m0/s1. The molecule has 0 bridgehead atoms. The number of carbonyl (C=O) groups is 1. The van der Waals surface area contributed by atoms with Crippen molar-refractivity contribution in [3.05, 3.63) is 71.6 Å². The summed E-state index contributed by atoms with van der Waals surface area (Å²) in [5, 5.41) is 2.91. The van der Waals surface area contributed by atoms with Crippen molar-refractivity contribution in [2.45, 2.75) is 26.2 Å². The van der Waals surface area contributed by atoms with Crippen molar-refractivity contribution >= 4 is 17.7 Å². The van der Waals surface area contributed by atoms with E-state index in [9.17, 15) is 9.18 Å². The fraction of sp³-hybridized carbons (Fsp3) is 0.211. The molecule has 1 N–H and O–H groups in total. The lowest BCUT2D eigenvalue weighted by Crippen LogP contribution is -2.10. The van der Waals surface area contributed by atoms with Gasteiger partial charge in [-0.15, -0.1) is 0 Å². The highest BCUT2D eigenvalue weighted by atomic mass is 19.1. The fourth-order valence-corrected chi connectivity index (χ4v) is 2.18. The number of nitrogens with one attached hydrogen (secondary N) is 1. The van der Waals surface area contributed by atoms with Crippen molar-refractivity contribution in [2.24, 2.45) is 0 Å². The van der Waals surface area contributed by atoms with Gasteiger partial charge < -0.3 is 5.32 Å². The molecule has 0 fully saturated rings. The molecule has 0 aromatic heterocycles. The molecule has 0 saturated heterocycles. The molecular weight excluding hydrogens is 277 g/mol. The normalized spacial score (nSPS) is 12.3. The Balaban J connectivity index is 2.08. The predicted molar refractivity (Wildman–Crippen MR) is 89.2 cm³/mol. The Hall–Kier alpha value is -2.42. The van der Waals surface area contributed by atoms with Gasteiger partial charge in [0.05, 0.1) is 0 Å². The van der Waals surface area contributed by atoms with Gasteiger partial charge in [0.15, 0.2) is 0 Å². The average molecular weight is 297 g/mol. The van der Waals surface area contributed by atoms with E-state index in [0.29, 0.717) is 5.92 Å². The van der Waals surface area contributed by atoms with Gasteiger partial charge in [-0.1, -0.05) is 44.2 Å². The van der Waals surface area contributed by atoms with Crippen LogP contribution in [0.1, 0.15) is 37.3 Å². The molecule has 0 aliphatic heterocycles. The van der Waals surface area contributed by atoms with Crippen molar-refractivity contribution in [1.29, 1.82) is 0 Å². The summed E-state index contributed by atoms with van der Waals surface area (Å²) in [4.78, 5) is 12.0. The van der Waals surface area contributed by atoms with Gasteiger partial charge in [-0.25, -0.2) is 4.39 Å². The smallest absolute Gasteiger partial charge is 0.248 e. The lowest BCUT2D eigenvalue weighted by molar-refractivity contribution is -0.111. The van der Waals surface area contributed by atoms with Crippen LogP contribution in [0.15, 0.2) is 54.6 Å². The molecule has 0 unspecified atom stereocenters. The van der Waals surface area contributed by atoms with Crippen LogP contribution in [-0.4, -0.2) is 5.91 Å². The van der Waals surface area contributed by atoms with Crippen molar-refractivity contribution in [3.63, 3.8) is 0 Å². The SMILES string of the molecule is CC[C@H](C)c1ccccc1NC(=O)/C=C/c1ccc(F)cc1. The molecule has 0 radical (unpaired) electrons.